The summed E-state index contributed by atoms with van der Waals surface area (Å²) in [5.74, 6) is 1.36. The fourth-order valence-corrected chi connectivity index (χ4v) is 3.48. The van der Waals surface area contributed by atoms with Gasteiger partial charge in [0, 0.05) is 0 Å². The summed E-state index contributed by atoms with van der Waals surface area (Å²) in [6.45, 7) is 0. The van der Waals surface area contributed by atoms with Gasteiger partial charge in [-0.15, -0.1) is 0 Å². The van der Waals surface area contributed by atoms with Crippen LogP contribution in [-0.2, 0) is 12.8 Å². The second-order valence-corrected chi connectivity index (χ2v) is 5.15. The molecule has 0 heterocycles. The molecule has 0 aliphatic heterocycles. The molecule has 2 aliphatic carbocycles. The van der Waals surface area contributed by atoms with Gasteiger partial charge in [-0.3, -0.25) is 0 Å². The highest BCUT2D eigenvalue weighted by Crippen LogP contribution is 2.46. The first kappa shape index (κ1) is 9.47. The fourth-order valence-electron chi connectivity index (χ4n) is 3.48. The molecule has 0 saturated carbocycles. The Hall–Kier alpha value is -1.56. The summed E-state index contributed by atoms with van der Waals surface area (Å²) in [6, 6.07) is 20.9. The maximum atomic E-state index is 3.11. The first-order valence-electron chi connectivity index (χ1n) is 6.23. The number of hydrogen-bond acceptors (Lipinski definition) is 0. The van der Waals surface area contributed by atoms with Gasteiger partial charge in [0.2, 0.25) is 0 Å². The molecule has 4 radical (unpaired) electrons. The Morgan fingerprint density at radius 2 is 1.18 bits per heavy atom. The van der Waals surface area contributed by atoms with Gasteiger partial charge in [-0.2, -0.15) is 0 Å². The van der Waals surface area contributed by atoms with Crippen molar-refractivity contribution in [3.05, 3.63) is 70.8 Å². The molecule has 17 heavy (non-hydrogen) atoms. The van der Waals surface area contributed by atoms with E-state index in [1.165, 1.54) is 28.7 Å². The highest BCUT2D eigenvalue weighted by Gasteiger charge is 2.33. The van der Waals surface area contributed by atoms with Gasteiger partial charge in [-0.25, -0.2) is 0 Å². The maximum Gasteiger partial charge on any atom is -0.00958 e. The Balaban J connectivity index is 1.86. The summed E-state index contributed by atoms with van der Waals surface area (Å²) < 4.78 is 0. The lowest BCUT2D eigenvalue weighted by atomic mass is 9.67. The molecule has 2 aromatic rings. The molecule has 0 amide bonds. The minimum atomic E-state index is 0.679. The van der Waals surface area contributed by atoms with E-state index in [4.69, 9.17) is 0 Å². The van der Waals surface area contributed by atoms with E-state index in [-0.39, 0.29) is 0 Å². The Bertz CT molecular complexity index is 516. The lowest BCUT2D eigenvalue weighted by Gasteiger charge is -2.37. The third kappa shape index (κ3) is 1.37. The lowest BCUT2D eigenvalue weighted by Crippen LogP contribution is -2.24. The molecule has 2 aromatic carbocycles. The van der Waals surface area contributed by atoms with Crippen molar-refractivity contribution in [2.75, 3.05) is 0 Å². The predicted molar refractivity (Wildman–Crippen MR) is 65.7 cm³/mol. The van der Waals surface area contributed by atoms with Crippen molar-refractivity contribution in [2.45, 2.75) is 31.1 Å². The largest absolute Gasteiger partial charge is 0.0502 e. The van der Waals surface area contributed by atoms with Crippen LogP contribution in [0.4, 0.5) is 0 Å². The smallest absolute Gasteiger partial charge is 0.00958 e. The van der Waals surface area contributed by atoms with Crippen molar-refractivity contribution in [3.63, 3.8) is 0 Å². The molecule has 0 saturated heterocycles. The average Bonchev–Trinajstić information content (AvgIpc) is 2.39. The van der Waals surface area contributed by atoms with Crippen molar-refractivity contribution in [2.24, 2.45) is 0 Å². The highest BCUT2D eigenvalue weighted by atomic mass is 14.4. The quantitative estimate of drug-likeness (QED) is 0.634. The van der Waals surface area contributed by atoms with Crippen LogP contribution in [0, 0.1) is 24.3 Å². The van der Waals surface area contributed by atoms with Crippen molar-refractivity contribution in [1.29, 1.82) is 0 Å². The second kappa shape index (κ2) is 3.46. The predicted octanol–water partition coefficient (Wildman–Crippen LogP) is 3.26. The van der Waals surface area contributed by atoms with Crippen LogP contribution in [0.15, 0.2) is 24.3 Å². The molecule has 2 atom stereocenters. The second-order valence-electron chi connectivity index (χ2n) is 5.15. The third-order valence-electron chi connectivity index (χ3n) is 4.24. The molecule has 2 aliphatic rings. The third-order valence-corrected chi connectivity index (χ3v) is 4.24. The van der Waals surface area contributed by atoms with Crippen LogP contribution < -0.4 is 0 Å². The lowest BCUT2D eigenvalue weighted by molar-refractivity contribution is 0.457. The van der Waals surface area contributed by atoms with E-state index in [0.717, 1.165) is 12.8 Å². The minimum absolute atomic E-state index is 0.679. The number of rotatable bonds is 0. The zero-order valence-electron chi connectivity index (χ0n) is 9.59. The molecule has 0 heteroatoms. The Kier molecular flexibility index (Phi) is 1.93. The first-order chi connectivity index (χ1) is 8.42. The molecule has 0 nitrogen and oxygen atoms in total. The molecule has 4 rings (SSSR count). The van der Waals surface area contributed by atoms with Crippen LogP contribution in [0.3, 0.4) is 0 Å². The topological polar surface area (TPSA) is 0 Å². The van der Waals surface area contributed by atoms with Gasteiger partial charge in [-0.1, -0.05) is 12.1 Å². The highest BCUT2D eigenvalue weighted by molar-refractivity contribution is 5.43. The summed E-state index contributed by atoms with van der Waals surface area (Å²) in [6.07, 6.45) is 3.60. The van der Waals surface area contributed by atoms with E-state index in [9.17, 15) is 0 Å². The molecule has 2 unspecified atom stereocenters. The van der Waals surface area contributed by atoms with Crippen molar-refractivity contribution >= 4 is 0 Å². The Labute approximate surface area is 102 Å². The van der Waals surface area contributed by atoms with Gasteiger partial charge in [0.15, 0.2) is 0 Å². The maximum absolute atomic E-state index is 3.11. The van der Waals surface area contributed by atoms with Crippen LogP contribution in [0.1, 0.15) is 40.5 Å². The zero-order valence-corrected chi connectivity index (χ0v) is 9.59. The van der Waals surface area contributed by atoms with Crippen LogP contribution in [0.5, 0.6) is 0 Å². The first-order valence-corrected chi connectivity index (χ1v) is 6.23. The normalized spacial score (nSPS) is 24.9. The summed E-state index contributed by atoms with van der Waals surface area (Å²) in [5, 5.41) is 0. The summed E-state index contributed by atoms with van der Waals surface area (Å²) in [7, 11) is 0. The Morgan fingerprint density at radius 1 is 0.706 bits per heavy atom. The molecular weight excluding hydrogens is 204 g/mol. The van der Waals surface area contributed by atoms with Crippen LogP contribution in [0.2, 0.25) is 0 Å². The van der Waals surface area contributed by atoms with Crippen molar-refractivity contribution in [1.82, 2.24) is 0 Å². The van der Waals surface area contributed by atoms with Crippen molar-refractivity contribution < 1.29 is 0 Å². The van der Waals surface area contributed by atoms with Crippen LogP contribution in [0.25, 0.3) is 0 Å². The summed E-state index contributed by atoms with van der Waals surface area (Å²) >= 11 is 0. The molecule has 2 bridgehead atoms. The number of benzene rings is 2. The van der Waals surface area contributed by atoms with E-state index in [2.05, 4.69) is 48.5 Å². The fraction of sp³-hybridized carbons (Fsp3) is 0.294. The molecule has 0 spiro atoms. The molecule has 0 fully saturated rings. The SMILES string of the molecule is [c]1[c]cc2c(c1)CC1CC2Cc2c[c][c]cc21. The van der Waals surface area contributed by atoms with Crippen LogP contribution in [-0.4, -0.2) is 0 Å². The summed E-state index contributed by atoms with van der Waals surface area (Å²) in [4.78, 5) is 0. The van der Waals surface area contributed by atoms with Gasteiger partial charge in [0.05, 0.1) is 0 Å². The zero-order chi connectivity index (χ0) is 11.2. The van der Waals surface area contributed by atoms with E-state index in [1.807, 2.05) is 0 Å². The monoisotopic (exact) mass is 216 g/mol. The van der Waals surface area contributed by atoms with Gasteiger partial charge in [0.1, 0.15) is 0 Å². The molecule has 0 N–H and O–H groups in total. The average molecular weight is 216 g/mol. The van der Waals surface area contributed by atoms with Crippen LogP contribution >= 0.6 is 0 Å². The van der Waals surface area contributed by atoms with Gasteiger partial charge in [0.25, 0.3) is 0 Å². The van der Waals surface area contributed by atoms with E-state index in [1.54, 1.807) is 0 Å². The standard InChI is InChI=1S/C17H12/c1-3-7-16-12(5-1)9-14-11-15(16)10-13-6-2-4-8-17(13)14/h5-8,14-15H,9-11H2. The van der Waals surface area contributed by atoms with Gasteiger partial charge >= 0.3 is 0 Å². The van der Waals surface area contributed by atoms with Crippen molar-refractivity contribution in [3.8, 4) is 0 Å². The van der Waals surface area contributed by atoms with E-state index >= 15 is 0 Å². The van der Waals surface area contributed by atoms with E-state index < -0.39 is 0 Å². The van der Waals surface area contributed by atoms with Gasteiger partial charge in [-0.05, 0) is 89.8 Å². The van der Waals surface area contributed by atoms with Gasteiger partial charge < -0.3 is 0 Å². The molecule has 80 valence electrons. The van der Waals surface area contributed by atoms with E-state index in [0.29, 0.717) is 11.8 Å². The molecule has 0 aromatic heterocycles. The number of fused-ring (bicyclic) bond motifs is 6. The summed E-state index contributed by atoms with van der Waals surface area (Å²) in [5.41, 5.74) is 5.95. The Morgan fingerprint density at radius 3 is 1.71 bits per heavy atom. The number of hydrogen-bond donors (Lipinski definition) is 0. The minimum Gasteiger partial charge on any atom is -0.0502 e. The molecular formula is C17H12.